The average Bonchev–Trinajstić information content (AvgIpc) is 3.37. The summed E-state index contributed by atoms with van der Waals surface area (Å²) in [4.78, 5) is 38.9. The summed E-state index contributed by atoms with van der Waals surface area (Å²) in [5.74, 6) is 1.26. The summed E-state index contributed by atoms with van der Waals surface area (Å²) in [6.07, 6.45) is 3.29. The van der Waals surface area contributed by atoms with Crippen molar-refractivity contribution in [1.29, 1.82) is 0 Å². The molecule has 4 heterocycles. The molecule has 0 aliphatic carbocycles. The largest absolute Gasteiger partial charge is 0.436 e. The van der Waals surface area contributed by atoms with Gasteiger partial charge in [-0.1, -0.05) is 42.5 Å². The van der Waals surface area contributed by atoms with Crippen molar-refractivity contribution in [2.75, 3.05) is 53.9 Å². The Morgan fingerprint density at radius 2 is 1.74 bits per heavy atom. The highest BCUT2D eigenvalue weighted by atomic mass is 16.7. The molecule has 2 aromatic heterocycles. The van der Waals surface area contributed by atoms with E-state index in [-0.39, 0.29) is 5.95 Å². The molecule has 198 valence electrons. The molecule has 1 amide bonds. The monoisotopic (exact) mass is 524 g/mol. The summed E-state index contributed by atoms with van der Waals surface area (Å²) in [5.41, 5.74) is 11.6. The number of hydrogen-bond acceptors (Lipinski definition) is 10. The first-order valence-corrected chi connectivity index (χ1v) is 12.8. The fourth-order valence-corrected chi connectivity index (χ4v) is 4.71. The van der Waals surface area contributed by atoms with E-state index in [0.29, 0.717) is 62.4 Å². The van der Waals surface area contributed by atoms with Crippen LogP contribution in [0.25, 0.3) is 22.4 Å². The highest BCUT2D eigenvalue weighted by Crippen LogP contribution is 2.36. The standard InChI is InChI=1S/C28H28N8O3/c1-18-7-8-20(19-5-3-2-4-6-19)15-23(18)32-28(37)39-36-10-9-22-24(21-16-30-26(29)31-17-21)33-27(34-25(22)36)35-11-13-38-14-12-35/h2-8,15-17H,9-14H2,1H3,(H,32,37)(H2,29,30,31). The first-order valence-electron chi connectivity index (χ1n) is 12.8. The van der Waals surface area contributed by atoms with Gasteiger partial charge in [-0.15, -0.1) is 0 Å². The van der Waals surface area contributed by atoms with Gasteiger partial charge in [0.15, 0.2) is 5.82 Å². The van der Waals surface area contributed by atoms with Crippen molar-refractivity contribution in [3.05, 3.63) is 72.1 Å². The predicted octanol–water partition coefficient (Wildman–Crippen LogP) is 3.85. The summed E-state index contributed by atoms with van der Waals surface area (Å²) in [5, 5.41) is 4.42. The number of nitrogens with one attached hydrogen (secondary N) is 1. The minimum absolute atomic E-state index is 0.186. The Balaban J connectivity index is 1.27. The maximum atomic E-state index is 13.1. The predicted molar refractivity (Wildman–Crippen MR) is 148 cm³/mol. The van der Waals surface area contributed by atoms with Crippen LogP contribution >= 0.6 is 0 Å². The van der Waals surface area contributed by atoms with E-state index in [4.69, 9.17) is 25.3 Å². The number of anilines is 4. The van der Waals surface area contributed by atoms with E-state index < -0.39 is 6.09 Å². The number of carbonyl (C=O) groups is 1. The Hall–Kier alpha value is -4.77. The topological polar surface area (TPSA) is 132 Å². The third-order valence-electron chi connectivity index (χ3n) is 6.79. The molecule has 0 spiro atoms. The molecule has 2 aliphatic rings. The quantitative estimate of drug-likeness (QED) is 0.397. The number of morpholine rings is 1. The minimum Gasteiger partial charge on any atom is -0.378 e. The maximum absolute atomic E-state index is 13.1. The molecule has 11 nitrogen and oxygen atoms in total. The molecule has 0 bridgehead atoms. The number of nitrogens with zero attached hydrogens (tertiary/aromatic N) is 6. The number of hydrogen-bond donors (Lipinski definition) is 2. The van der Waals surface area contributed by atoms with E-state index in [9.17, 15) is 4.79 Å². The Labute approximate surface area is 225 Å². The number of carbonyl (C=O) groups excluding carboxylic acids is 1. The summed E-state index contributed by atoms with van der Waals surface area (Å²) >= 11 is 0. The highest BCUT2D eigenvalue weighted by molar-refractivity contribution is 5.88. The van der Waals surface area contributed by atoms with Gasteiger partial charge in [0.25, 0.3) is 0 Å². The molecule has 6 rings (SSSR count). The summed E-state index contributed by atoms with van der Waals surface area (Å²) in [6.45, 7) is 4.88. The second kappa shape index (κ2) is 10.5. The average molecular weight is 525 g/mol. The fraction of sp³-hybridized carbons (Fsp3) is 0.250. The molecule has 0 atom stereocenters. The molecular weight excluding hydrogens is 496 g/mol. The van der Waals surface area contributed by atoms with E-state index in [0.717, 1.165) is 27.8 Å². The zero-order valence-corrected chi connectivity index (χ0v) is 21.5. The molecule has 4 aromatic rings. The lowest BCUT2D eigenvalue weighted by Crippen LogP contribution is -2.37. The molecule has 1 fully saturated rings. The van der Waals surface area contributed by atoms with Crippen molar-refractivity contribution >= 4 is 29.5 Å². The number of nitrogen functional groups attached to an aromatic ring is 1. The van der Waals surface area contributed by atoms with Crippen molar-refractivity contribution in [2.45, 2.75) is 13.3 Å². The number of benzene rings is 2. The molecule has 3 N–H and O–H groups in total. The molecule has 1 saturated heterocycles. The van der Waals surface area contributed by atoms with E-state index >= 15 is 0 Å². The summed E-state index contributed by atoms with van der Waals surface area (Å²) in [6, 6.07) is 16.0. The fourth-order valence-electron chi connectivity index (χ4n) is 4.71. The van der Waals surface area contributed by atoms with Gasteiger partial charge >= 0.3 is 6.09 Å². The van der Waals surface area contributed by atoms with Gasteiger partial charge in [0.2, 0.25) is 11.9 Å². The van der Waals surface area contributed by atoms with Crippen LogP contribution in [-0.2, 0) is 16.0 Å². The smallest absolute Gasteiger partial charge is 0.378 e. The lowest BCUT2D eigenvalue weighted by atomic mass is 10.0. The zero-order valence-electron chi connectivity index (χ0n) is 21.5. The van der Waals surface area contributed by atoms with Gasteiger partial charge in [0.05, 0.1) is 25.5 Å². The highest BCUT2D eigenvalue weighted by Gasteiger charge is 2.31. The molecular formula is C28H28N8O3. The SMILES string of the molecule is Cc1ccc(-c2ccccc2)cc1NC(=O)ON1CCc2c(-c3cnc(N)nc3)nc(N3CCOCC3)nc21. The normalized spacial score (nSPS) is 14.7. The Kier molecular flexibility index (Phi) is 6.64. The third-order valence-corrected chi connectivity index (χ3v) is 6.79. The van der Waals surface area contributed by atoms with Crippen LogP contribution in [-0.4, -0.2) is 58.9 Å². The van der Waals surface area contributed by atoms with Crippen molar-refractivity contribution in [2.24, 2.45) is 0 Å². The Morgan fingerprint density at radius 3 is 2.51 bits per heavy atom. The van der Waals surface area contributed by atoms with Crippen molar-refractivity contribution < 1.29 is 14.4 Å². The molecule has 2 aliphatic heterocycles. The zero-order chi connectivity index (χ0) is 26.8. The van der Waals surface area contributed by atoms with Crippen LogP contribution < -0.4 is 21.0 Å². The number of aryl methyl sites for hydroxylation is 1. The first-order chi connectivity index (χ1) is 19.0. The summed E-state index contributed by atoms with van der Waals surface area (Å²) < 4.78 is 5.50. The number of ether oxygens (including phenoxy) is 1. The van der Waals surface area contributed by atoms with Crippen molar-refractivity contribution in [3.8, 4) is 22.4 Å². The first kappa shape index (κ1) is 24.6. The second-order valence-electron chi connectivity index (χ2n) is 9.36. The Morgan fingerprint density at radius 1 is 0.974 bits per heavy atom. The number of amides is 1. The van der Waals surface area contributed by atoms with Gasteiger partial charge in [0.1, 0.15) is 0 Å². The molecule has 0 radical (unpaired) electrons. The van der Waals surface area contributed by atoms with Crippen LogP contribution in [0.3, 0.4) is 0 Å². The van der Waals surface area contributed by atoms with E-state index in [1.165, 1.54) is 5.06 Å². The molecule has 39 heavy (non-hydrogen) atoms. The molecule has 0 saturated carbocycles. The van der Waals surface area contributed by atoms with Crippen molar-refractivity contribution in [1.82, 2.24) is 19.9 Å². The van der Waals surface area contributed by atoms with Gasteiger partial charge in [0, 0.05) is 42.3 Å². The van der Waals surface area contributed by atoms with E-state index in [2.05, 4.69) is 20.2 Å². The van der Waals surface area contributed by atoms with Crippen LogP contribution in [0.5, 0.6) is 0 Å². The third kappa shape index (κ3) is 5.16. The molecule has 2 aromatic carbocycles. The van der Waals surface area contributed by atoms with E-state index in [1.807, 2.05) is 55.5 Å². The van der Waals surface area contributed by atoms with Gasteiger partial charge in [-0.05, 0) is 36.1 Å². The van der Waals surface area contributed by atoms with Crippen LogP contribution in [0.1, 0.15) is 11.1 Å². The molecule has 11 heteroatoms. The lowest BCUT2D eigenvalue weighted by Gasteiger charge is -2.28. The number of rotatable bonds is 5. The maximum Gasteiger partial charge on any atom is 0.436 e. The van der Waals surface area contributed by atoms with Crippen molar-refractivity contribution in [3.63, 3.8) is 0 Å². The number of hydroxylamine groups is 1. The summed E-state index contributed by atoms with van der Waals surface area (Å²) in [7, 11) is 0. The Bertz CT molecular complexity index is 1490. The number of fused-ring (bicyclic) bond motifs is 1. The minimum atomic E-state index is -0.597. The second-order valence-corrected chi connectivity index (χ2v) is 9.36. The van der Waals surface area contributed by atoms with Crippen LogP contribution in [0, 0.1) is 6.92 Å². The van der Waals surface area contributed by atoms with E-state index in [1.54, 1.807) is 12.4 Å². The van der Waals surface area contributed by atoms with Gasteiger partial charge in [-0.2, -0.15) is 10.0 Å². The van der Waals surface area contributed by atoms with Gasteiger partial charge < -0.3 is 20.2 Å². The van der Waals surface area contributed by atoms with Gasteiger partial charge in [-0.3, -0.25) is 5.32 Å². The van der Waals surface area contributed by atoms with Crippen LogP contribution in [0.15, 0.2) is 60.9 Å². The number of aromatic nitrogens is 4. The van der Waals surface area contributed by atoms with Gasteiger partial charge in [-0.25, -0.2) is 19.7 Å². The van der Waals surface area contributed by atoms with Crippen LogP contribution in [0.4, 0.5) is 28.2 Å². The number of nitrogens with two attached hydrogens (primary N) is 1. The molecule has 0 unspecified atom stereocenters. The lowest BCUT2D eigenvalue weighted by molar-refractivity contribution is 0.122. The van der Waals surface area contributed by atoms with Crippen LogP contribution in [0.2, 0.25) is 0 Å².